The highest BCUT2D eigenvalue weighted by atomic mass is 32.2. The van der Waals surface area contributed by atoms with Crippen molar-refractivity contribution in [2.75, 3.05) is 12.0 Å². The molecule has 4 atom stereocenters. The highest BCUT2D eigenvalue weighted by molar-refractivity contribution is 7.98. The molecule has 0 bridgehead atoms. The van der Waals surface area contributed by atoms with Gasteiger partial charge >= 0.3 is 0 Å². The molecule has 150 valence electrons. The lowest BCUT2D eigenvalue weighted by Crippen LogP contribution is -2.57. The Labute approximate surface area is 165 Å². The summed E-state index contributed by atoms with van der Waals surface area (Å²) in [5.41, 5.74) is 12.2. The summed E-state index contributed by atoms with van der Waals surface area (Å²) in [5.74, 6) is -1.12. The molecule has 0 fully saturated rings. The van der Waals surface area contributed by atoms with Crippen LogP contribution in [0.25, 0.3) is 0 Å². The van der Waals surface area contributed by atoms with Crippen molar-refractivity contribution in [2.24, 2.45) is 17.4 Å². The maximum absolute atomic E-state index is 12.8. The first-order valence-corrected chi connectivity index (χ1v) is 10.4. The Hall–Kier alpha value is -2.06. The first kappa shape index (κ1) is 23.0. The maximum atomic E-state index is 12.8. The summed E-state index contributed by atoms with van der Waals surface area (Å²) in [6, 6.07) is 6.97. The van der Waals surface area contributed by atoms with Crippen LogP contribution >= 0.6 is 11.8 Å². The second kappa shape index (κ2) is 11.6. The van der Waals surface area contributed by atoms with E-state index in [-0.39, 0.29) is 12.3 Å². The molecule has 1 rings (SSSR count). The van der Waals surface area contributed by atoms with Gasteiger partial charge in [-0.3, -0.25) is 14.4 Å². The molecule has 0 aliphatic carbocycles. The average Bonchev–Trinajstić information content (AvgIpc) is 2.65. The number of nitrogens with two attached hydrogens (primary N) is 2. The van der Waals surface area contributed by atoms with E-state index in [2.05, 4.69) is 10.6 Å². The van der Waals surface area contributed by atoms with E-state index >= 15 is 0 Å². The minimum Gasteiger partial charge on any atom is -0.368 e. The van der Waals surface area contributed by atoms with Gasteiger partial charge in [0.15, 0.2) is 0 Å². The molecule has 0 spiro atoms. The first-order chi connectivity index (χ1) is 12.8. The van der Waals surface area contributed by atoms with E-state index in [0.29, 0.717) is 12.2 Å². The maximum Gasteiger partial charge on any atom is 0.243 e. The van der Waals surface area contributed by atoms with Crippen molar-refractivity contribution in [3.8, 4) is 0 Å². The standard InChI is InChI=1S/C19H30N4O3S/c1-4-12(2)16(17(21)24)23-19(26)15(10-13-8-6-5-7-9-13)22-18(25)14(20)11-27-3/h5-9,12,14-16H,4,10-11,20H2,1-3H3,(H2,21,24)(H,22,25)(H,23,26)/t12-,14+,15+,16+/m0/s1. The topological polar surface area (TPSA) is 127 Å². The monoisotopic (exact) mass is 394 g/mol. The fraction of sp³-hybridized carbons (Fsp3) is 0.526. The largest absolute Gasteiger partial charge is 0.368 e. The molecule has 1 aromatic carbocycles. The number of nitrogens with one attached hydrogen (secondary N) is 2. The van der Waals surface area contributed by atoms with Crippen LogP contribution in [0.2, 0.25) is 0 Å². The van der Waals surface area contributed by atoms with Crippen LogP contribution in [0.3, 0.4) is 0 Å². The van der Waals surface area contributed by atoms with E-state index in [1.165, 1.54) is 11.8 Å². The Bertz CT molecular complexity index is 627. The van der Waals surface area contributed by atoms with Crippen LogP contribution in [0.15, 0.2) is 30.3 Å². The van der Waals surface area contributed by atoms with Crippen LogP contribution in [0, 0.1) is 5.92 Å². The van der Waals surface area contributed by atoms with E-state index < -0.39 is 35.8 Å². The molecule has 0 radical (unpaired) electrons. The molecule has 0 saturated heterocycles. The van der Waals surface area contributed by atoms with Gasteiger partial charge in [0.05, 0.1) is 6.04 Å². The van der Waals surface area contributed by atoms with Crippen LogP contribution in [-0.2, 0) is 20.8 Å². The average molecular weight is 395 g/mol. The van der Waals surface area contributed by atoms with Gasteiger partial charge in [0.1, 0.15) is 12.1 Å². The van der Waals surface area contributed by atoms with Crippen LogP contribution in [0.5, 0.6) is 0 Å². The highest BCUT2D eigenvalue weighted by Gasteiger charge is 2.29. The van der Waals surface area contributed by atoms with Gasteiger partial charge in [-0.25, -0.2) is 0 Å². The Kier molecular flexibility index (Phi) is 9.88. The lowest BCUT2D eigenvalue weighted by atomic mass is 9.97. The lowest BCUT2D eigenvalue weighted by molar-refractivity contribution is -0.132. The van der Waals surface area contributed by atoms with Crippen molar-refractivity contribution < 1.29 is 14.4 Å². The number of rotatable bonds is 11. The molecule has 0 saturated carbocycles. The van der Waals surface area contributed by atoms with E-state index in [4.69, 9.17) is 11.5 Å². The number of carbonyl (C=O) groups is 3. The third-order valence-electron chi connectivity index (χ3n) is 4.42. The number of hydrogen-bond acceptors (Lipinski definition) is 5. The number of primary amides is 1. The van der Waals surface area contributed by atoms with Gasteiger partial charge in [-0.2, -0.15) is 11.8 Å². The molecule has 27 heavy (non-hydrogen) atoms. The molecule has 1 aromatic rings. The van der Waals surface area contributed by atoms with E-state index in [0.717, 1.165) is 5.56 Å². The Morgan fingerprint density at radius 2 is 1.74 bits per heavy atom. The summed E-state index contributed by atoms with van der Waals surface area (Å²) in [7, 11) is 0. The zero-order valence-electron chi connectivity index (χ0n) is 16.1. The van der Waals surface area contributed by atoms with Crippen molar-refractivity contribution in [1.29, 1.82) is 0 Å². The summed E-state index contributed by atoms with van der Waals surface area (Å²) < 4.78 is 0. The second-order valence-electron chi connectivity index (χ2n) is 6.59. The summed E-state index contributed by atoms with van der Waals surface area (Å²) in [5, 5.41) is 5.40. The van der Waals surface area contributed by atoms with Crippen molar-refractivity contribution in [1.82, 2.24) is 10.6 Å². The smallest absolute Gasteiger partial charge is 0.243 e. The van der Waals surface area contributed by atoms with Gasteiger partial charge in [0.25, 0.3) is 0 Å². The molecule has 0 aliphatic rings. The molecule has 6 N–H and O–H groups in total. The first-order valence-electron chi connectivity index (χ1n) is 8.98. The van der Waals surface area contributed by atoms with Gasteiger partial charge in [0, 0.05) is 12.2 Å². The zero-order chi connectivity index (χ0) is 20.4. The highest BCUT2D eigenvalue weighted by Crippen LogP contribution is 2.09. The molecule has 0 aliphatic heterocycles. The third-order valence-corrected chi connectivity index (χ3v) is 5.11. The summed E-state index contributed by atoms with van der Waals surface area (Å²) in [6.07, 6.45) is 2.82. The van der Waals surface area contributed by atoms with Gasteiger partial charge in [-0.05, 0) is 17.7 Å². The Balaban J connectivity index is 2.95. The molecular weight excluding hydrogens is 364 g/mol. The molecule has 0 aromatic heterocycles. The summed E-state index contributed by atoms with van der Waals surface area (Å²) >= 11 is 1.45. The molecule has 7 nitrogen and oxygen atoms in total. The predicted molar refractivity (Wildman–Crippen MR) is 109 cm³/mol. The minimum atomic E-state index is -0.848. The minimum absolute atomic E-state index is 0.113. The Morgan fingerprint density at radius 3 is 2.26 bits per heavy atom. The van der Waals surface area contributed by atoms with Gasteiger partial charge in [-0.1, -0.05) is 50.6 Å². The zero-order valence-corrected chi connectivity index (χ0v) is 16.9. The van der Waals surface area contributed by atoms with Crippen LogP contribution < -0.4 is 22.1 Å². The number of carbonyl (C=O) groups excluding carboxylic acids is 3. The normalized spacial score (nSPS) is 15.3. The van der Waals surface area contributed by atoms with Gasteiger partial charge in [0.2, 0.25) is 17.7 Å². The number of thioether (sulfide) groups is 1. The number of benzene rings is 1. The number of amides is 3. The molecular formula is C19H30N4O3S. The number of hydrogen-bond donors (Lipinski definition) is 4. The van der Waals surface area contributed by atoms with E-state index in [9.17, 15) is 14.4 Å². The molecule has 8 heteroatoms. The van der Waals surface area contributed by atoms with Crippen molar-refractivity contribution in [3.05, 3.63) is 35.9 Å². The van der Waals surface area contributed by atoms with E-state index in [1.54, 1.807) is 0 Å². The van der Waals surface area contributed by atoms with Gasteiger partial charge < -0.3 is 22.1 Å². The van der Waals surface area contributed by atoms with Crippen molar-refractivity contribution >= 4 is 29.5 Å². The van der Waals surface area contributed by atoms with Crippen molar-refractivity contribution in [3.63, 3.8) is 0 Å². The van der Waals surface area contributed by atoms with Crippen LogP contribution in [0.1, 0.15) is 25.8 Å². The van der Waals surface area contributed by atoms with E-state index in [1.807, 2.05) is 50.4 Å². The third kappa shape index (κ3) is 7.60. The molecule has 0 unspecified atom stereocenters. The summed E-state index contributed by atoms with van der Waals surface area (Å²) in [4.78, 5) is 36.9. The second-order valence-corrected chi connectivity index (χ2v) is 7.50. The fourth-order valence-electron chi connectivity index (χ4n) is 2.58. The predicted octanol–water partition coefficient (Wildman–Crippen LogP) is 0.420. The summed E-state index contributed by atoms with van der Waals surface area (Å²) in [6.45, 7) is 3.76. The lowest BCUT2D eigenvalue weighted by Gasteiger charge is -2.25. The SMILES string of the molecule is CC[C@H](C)[C@@H](NC(=O)[C@@H](Cc1ccccc1)NC(=O)[C@H](N)CSC)C(N)=O. The molecule has 3 amide bonds. The van der Waals surface area contributed by atoms with Gasteiger partial charge in [-0.15, -0.1) is 0 Å². The molecule has 0 heterocycles. The van der Waals surface area contributed by atoms with Crippen molar-refractivity contribution in [2.45, 2.75) is 44.8 Å². The van der Waals surface area contributed by atoms with Crippen LogP contribution in [0.4, 0.5) is 0 Å². The fourth-order valence-corrected chi connectivity index (χ4v) is 3.09. The quantitative estimate of drug-likeness (QED) is 0.433. The Morgan fingerprint density at radius 1 is 1.11 bits per heavy atom. The van der Waals surface area contributed by atoms with Crippen LogP contribution in [-0.4, -0.2) is 47.9 Å².